The van der Waals surface area contributed by atoms with Crippen LogP contribution >= 0.6 is 0 Å². The molecule has 1 N–H and O–H groups in total. The Kier molecular flexibility index (Phi) is 3.76. The molecule has 2 aliphatic rings. The van der Waals surface area contributed by atoms with Crippen molar-refractivity contribution in [3.8, 4) is 0 Å². The molecule has 2 atom stereocenters. The van der Waals surface area contributed by atoms with Crippen molar-refractivity contribution in [2.45, 2.75) is 52.5 Å². The first kappa shape index (κ1) is 12.9. The molecule has 0 aromatic carbocycles. The Balaban J connectivity index is 1.84. The van der Waals surface area contributed by atoms with E-state index in [4.69, 9.17) is 0 Å². The van der Waals surface area contributed by atoms with E-state index < -0.39 is 0 Å². The van der Waals surface area contributed by atoms with E-state index >= 15 is 0 Å². The van der Waals surface area contributed by atoms with Gasteiger partial charge in [0.2, 0.25) is 5.91 Å². The maximum Gasteiger partial charge on any atom is 0.226 e. The highest BCUT2D eigenvalue weighted by molar-refractivity contribution is 5.79. The average molecular weight is 238 g/mol. The molecule has 2 rings (SSSR count). The molecule has 0 aromatic rings. The van der Waals surface area contributed by atoms with Crippen LogP contribution in [0, 0.1) is 11.3 Å². The molecule has 0 bridgehead atoms. The Morgan fingerprint density at radius 3 is 2.41 bits per heavy atom. The summed E-state index contributed by atoms with van der Waals surface area (Å²) in [5.74, 6) is 0.618. The highest BCUT2D eigenvalue weighted by Crippen LogP contribution is 2.30. The first-order valence-electron chi connectivity index (χ1n) is 7.00. The van der Waals surface area contributed by atoms with Gasteiger partial charge in [-0.15, -0.1) is 0 Å². The van der Waals surface area contributed by atoms with Gasteiger partial charge in [0.25, 0.3) is 0 Å². The van der Waals surface area contributed by atoms with Crippen molar-refractivity contribution < 1.29 is 4.79 Å². The number of nitrogens with zero attached hydrogens (tertiary/aromatic N) is 1. The van der Waals surface area contributed by atoms with E-state index in [1.54, 1.807) is 0 Å². The molecule has 17 heavy (non-hydrogen) atoms. The van der Waals surface area contributed by atoms with Crippen LogP contribution in [0.3, 0.4) is 0 Å². The number of carbonyl (C=O) groups excluding carboxylic acids is 1. The number of amides is 1. The fourth-order valence-electron chi connectivity index (χ4n) is 2.80. The lowest BCUT2D eigenvalue weighted by Crippen LogP contribution is -2.48. The van der Waals surface area contributed by atoms with Crippen LogP contribution in [0.25, 0.3) is 0 Å². The van der Waals surface area contributed by atoms with Crippen LogP contribution in [0.5, 0.6) is 0 Å². The Labute approximate surface area is 105 Å². The molecule has 3 nitrogen and oxygen atoms in total. The summed E-state index contributed by atoms with van der Waals surface area (Å²) in [6, 6.07) is 0.583. The van der Waals surface area contributed by atoms with Gasteiger partial charge in [-0.25, -0.2) is 0 Å². The molecule has 0 spiro atoms. The first-order valence-corrected chi connectivity index (χ1v) is 7.00. The van der Waals surface area contributed by atoms with Gasteiger partial charge in [-0.3, -0.25) is 4.79 Å². The number of hydrogen-bond donors (Lipinski definition) is 1. The molecular formula is C14H26N2O. The summed E-state index contributed by atoms with van der Waals surface area (Å²) in [5.41, 5.74) is 0.427. The standard InChI is InChI=1S/C14H26N2O/c1-11-4-5-12(10-15-11)13(17)16-8-6-14(2,3)7-9-16/h11-12,15H,4-10H2,1-3H3. The van der Waals surface area contributed by atoms with Crippen LogP contribution in [0.15, 0.2) is 0 Å². The summed E-state index contributed by atoms with van der Waals surface area (Å²) in [7, 11) is 0. The van der Waals surface area contributed by atoms with Crippen molar-refractivity contribution in [2.75, 3.05) is 19.6 Å². The second kappa shape index (κ2) is 4.97. The van der Waals surface area contributed by atoms with Crippen LogP contribution < -0.4 is 5.32 Å². The fraction of sp³-hybridized carbons (Fsp3) is 0.929. The minimum Gasteiger partial charge on any atom is -0.342 e. The maximum atomic E-state index is 12.4. The number of likely N-dealkylation sites (tertiary alicyclic amines) is 1. The molecule has 0 aliphatic carbocycles. The Hall–Kier alpha value is -0.570. The molecule has 2 heterocycles. The molecule has 0 radical (unpaired) electrons. The van der Waals surface area contributed by atoms with Crippen molar-refractivity contribution in [2.24, 2.45) is 11.3 Å². The Morgan fingerprint density at radius 2 is 1.88 bits per heavy atom. The third-order valence-electron chi connectivity index (χ3n) is 4.44. The van der Waals surface area contributed by atoms with Gasteiger partial charge in [0, 0.05) is 25.7 Å². The second-order valence-corrected chi connectivity index (χ2v) is 6.57. The number of piperidine rings is 2. The molecule has 0 saturated carbocycles. The second-order valence-electron chi connectivity index (χ2n) is 6.57. The van der Waals surface area contributed by atoms with Crippen LogP contribution in [0.1, 0.15) is 46.5 Å². The Morgan fingerprint density at radius 1 is 1.24 bits per heavy atom. The molecule has 2 saturated heterocycles. The SMILES string of the molecule is CC1CCC(C(=O)N2CCC(C)(C)CC2)CN1. The van der Waals surface area contributed by atoms with Crippen molar-refractivity contribution in [3.63, 3.8) is 0 Å². The van der Waals surface area contributed by atoms with Crippen molar-refractivity contribution in [1.29, 1.82) is 0 Å². The van der Waals surface area contributed by atoms with Gasteiger partial charge in [-0.2, -0.15) is 0 Å². The molecular weight excluding hydrogens is 212 g/mol. The lowest BCUT2D eigenvalue weighted by atomic mass is 9.82. The normalized spacial score (nSPS) is 33.5. The summed E-state index contributed by atoms with van der Waals surface area (Å²) >= 11 is 0. The minimum absolute atomic E-state index is 0.229. The van der Waals surface area contributed by atoms with Gasteiger partial charge in [0.15, 0.2) is 0 Å². The summed E-state index contributed by atoms with van der Waals surface area (Å²) in [5, 5.41) is 3.42. The van der Waals surface area contributed by atoms with Crippen LogP contribution in [-0.4, -0.2) is 36.5 Å². The number of nitrogens with one attached hydrogen (secondary N) is 1. The molecule has 98 valence electrons. The number of hydrogen-bond acceptors (Lipinski definition) is 2. The monoisotopic (exact) mass is 238 g/mol. The first-order chi connectivity index (χ1) is 7.98. The van der Waals surface area contributed by atoms with Gasteiger partial charge in [-0.05, 0) is 38.0 Å². The summed E-state index contributed by atoms with van der Waals surface area (Å²) in [6.07, 6.45) is 4.49. The van der Waals surface area contributed by atoms with E-state index in [0.717, 1.165) is 45.3 Å². The number of rotatable bonds is 1. The zero-order valence-electron chi connectivity index (χ0n) is 11.5. The zero-order chi connectivity index (χ0) is 12.5. The van der Waals surface area contributed by atoms with Gasteiger partial charge < -0.3 is 10.2 Å². The molecule has 2 unspecified atom stereocenters. The van der Waals surface area contributed by atoms with Crippen molar-refractivity contribution in [3.05, 3.63) is 0 Å². The third kappa shape index (κ3) is 3.21. The predicted molar refractivity (Wildman–Crippen MR) is 69.8 cm³/mol. The Bertz CT molecular complexity index is 270. The van der Waals surface area contributed by atoms with Crippen LogP contribution in [0.4, 0.5) is 0 Å². The minimum atomic E-state index is 0.229. The fourth-order valence-corrected chi connectivity index (χ4v) is 2.80. The van der Waals surface area contributed by atoms with E-state index in [2.05, 4.69) is 31.0 Å². The average Bonchev–Trinajstić information content (AvgIpc) is 2.29. The maximum absolute atomic E-state index is 12.4. The third-order valence-corrected chi connectivity index (χ3v) is 4.44. The van der Waals surface area contributed by atoms with Crippen LogP contribution in [0.2, 0.25) is 0 Å². The topological polar surface area (TPSA) is 32.3 Å². The smallest absolute Gasteiger partial charge is 0.226 e. The summed E-state index contributed by atoms with van der Waals surface area (Å²) in [6.45, 7) is 9.59. The van der Waals surface area contributed by atoms with E-state index in [1.807, 2.05) is 0 Å². The van der Waals surface area contributed by atoms with Gasteiger partial charge in [0.1, 0.15) is 0 Å². The highest BCUT2D eigenvalue weighted by atomic mass is 16.2. The zero-order valence-corrected chi connectivity index (χ0v) is 11.5. The number of carbonyl (C=O) groups is 1. The van der Waals surface area contributed by atoms with E-state index in [0.29, 0.717) is 17.4 Å². The predicted octanol–water partition coefficient (Wildman–Crippen LogP) is 2.02. The van der Waals surface area contributed by atoms with Crippen molar-refractivity contribution >= 4 is 5.91 Å². The lowest BCUT2D eigenvalue weighted by molar-refractivity contribution is -0.138. The molecule has 2 aliphatic heterocycles. The van der Waals surface area contributed by atoms with Gasteiger partial charge in [0.05, 0.1) is 5.92 Å². The molecule has 0 aromatic heterocycles. The van der Waals surface area contributed by atoms with Crippen molar-refractivity contribution in [1.82, 2.24) is 10.2 Å². The van der Waals surface area contributed by atoms with Crippen LogP contribution in [-0.2, 0) is 4.79 Å². The van der Waals surface area contributed by atoms with Gasteiger partial charge >= 0.3 is 0 Å². The van der Waals surface area contributed by atoms with E-state index in [9.17, 15) is 4.79 Å². The highest BCUT2D eigenvalue weighted by Gasteiger charge is 2.32. The quantitative estimate of drug-likeness (QED) is 0.758. The molecule has 2 fully saturated rings. The van der Waals surface area contributed by atoms with E-state index in [-0.39, 0.29) is 5.92 Å². The summed E-state index contributed by atoms with van der Waals surface area (Å²) < 4.78 is 0. The molecule has 1 amide bonds. The van der Waals surface area contributed by atoms with Gasteiger partial charge in [-0.1, -0.05) is 13.8 Å². The van der Waals surface area contributed by atoms with E-state index in [1.165, 1.54) is 0 Å². The summed E-state index contributed by atoms with van der Waals surface area (Å²) in [4.78, 5) is 14.4. The lowest BCUT2D eigenvalue weighted by Gasteiger charge is -2.39. The largest absolute Gasteiger partial charge is 0.342 e. The molecule has 3 heteroatoms.